The third-order valence-electron chi connectivity index (χ3n) is 4.13. The molecule has 3 rings (SSSR count). The van der Waals surface area contributed by atoms with Crippen LogP contribution in [-0.4, -0.2) is 13.1 Å². The van der Waals surface area contributed by atoms with Gasteiger partial charge in [-0.25, -0.2) is 4.39 Å². The van der Waals surface area contributed by atoms with Gasteiger partial charge in [0.2, 0.25) is 0 Å². The van der Waals surface area contributed by atoms with Crippen LogP contribution >= 0.6 is 11.6 Å². The Morgan fingerprint density at radius 2 is 1.85 bits per heavy atom. The minimum Gasteiger partial charge on any atom is -0.315 e. The van der Waals surface area contributed by atoms with Crippen molar-refractivity contribution < 1.29 is 4.39 Å². The molecule has 1 heterocycles. The maximum atomic E-state index is 14.0. The molecule has 1 aliphatic heterocycles. The number of halogens is 2. The zero-order valence-electron chi connectivity index (χ0n) is 11.4. The lowest BCUT2D eigenvalue weighted by Crippen LogP contribution is -2.58. The fraction of sp³-hybridized carbons (Fsp3) is 0.294. The Labute approximate surface area is 123 Å². The Kier molecular flexibility index (Phi) is 3.53. The van der Waals surface area contributed by atoms with Crippen LogP contribution in [0.3, 0.4) is 0 Å². The van der Waals surface area contributed by atoms with Crippen molar-refractivity contribution in [3.05, 3.63) is 70.0 Å². The van der Waals surface area contributed by atoms with E-state index >= 15 is 0 Å². The van der Waals surface area contributed by atoms with E-state index in [0.717, 1.165) is 13.1 Å². The number of hydrogen-bond donors (Lipinski definition) is 1. The minimum atomic E-state index is -0.173. The topological polar surface area (TPSA) is 12.0 Å². The molecule has 2 aromatic carbocycles. The Hall–Kier alpha value is -1.38. The lowest BCUT2D eigenvalue weighted by molar-refractivity contribution is 0.272. The van der Waals surface area contributed by atoms with Crippen molar-refractivity contribution in [3.8, 4) is 0 Å². The van der Waals surface area contributed by atoms with Gasteiger partial charge >= 0.3 is 0 Å². The van der Waals surface area contributed by atoms with Gasteiger partial charge in [0.15, 0.2) is 0 Å². The van der Waals surface area contributed by atoms with E-state index in [2.05, 4.69) is 36.5 Å². The van der Waals surface area contributed by atoms with E-state index in [1.807, 2.05) is 0 Å². The van der Waals surface area contributed by atoms with Crippen molar-refractivity contribution >= 4 is 11.6 Å². The van der Waals surface area contributed by atoms with Crippen LogP contribution < -0.4 is 5.32 Å². The van der Waals surface area contributed by atoms with Gasteiger partial charge in [-0.2, -0.15) is 0 Å². The third-order valence-corrected chi connectivity index (χ3v) is 4.36. The van der Waals surface area contributed by atoms with Gasteiger partial charge in [-0.3, -0.25) is 0 Å². The molecule has 0 aliphatic carbocycles. The summed E-state index contributed by atoms with van der Waals surface area (Å²) in [5.41, 5.74) is 3.19. The zero-order chi connectivity index (χ0) is 14.2. The first-order valence-corrected chi connectivity index (χ1v) is 7.19. The average molecular weight is 290 g/mol. The first kappa shape index (κ1) is 13.6. The van der Waals surface area contributed by atoms with Crippen LogP contribution in [-0.2, 0) is 11.8 Å². The molecule has 1 aliphatic rings. The molecule has 1 saturated heterocycles. The molecule has 2 aromatic rings. The number of hydrogen-bond acceptors (Lipinski definition) is 1. The molecule has 104 valence electrons. The van der Waals surface area contributed by atoms with Crippen molar-refractivity contribution in [2.75, 3.05) is 13.1 Å². The fourth-order valence-corrected chi connectivity index (χ4v) is 3.00. The highest BCUT2D eigenvalue weighted by molar-refractivity contribution is 6.30. The number of benzene rings is 2. The van der Waals surface area contributed by atoms with Crippen LogP contribution in [0.25, 0.3) is 0 Å². The average Bonchev–Trinajstić information content (AvgIpc) is 2.39. The standard InChI is InChI=1S/C17H17ClFN/c1-12-2-4-14(5-3-12)17(10-20-11-17)9-13-8-15(18)6-7-16(13)19/h2-8,20H,9-11H2,1H3. The molecule has 0 radical (unpaired) electrons. The summed E-state index contributed by atoms with van der Waals surface area (Å²) in [5, 5.41) is 3.90. The van der Waals surface area contributed by atoms with E-state index in [4.69, 9.17) is 11.6 Å². The second-order valence-corrected chi connectivity index (χ2v) is 6.10. The van der Waals surface area contributed by atoms with Crippen molar-refractivity contribution in [1.29, 1.82) is 0 Å². The van der Waals surface area contributed by atoms with Crippen LogP contribution in [0.1, 0.15) is 16.7 Å². The molecule has 20 heavy (non-hydrogen) atoms. The Balaban J connectivity index is 1.93. The van der Waals surface area contributed by atoms with E-state index in [1.165, 1.54) is 17.2 Å². The number of rotatable bonds is 3. The Bertz CT molecular complexity index is 617. The van der Waals surface area contributed by atoms with Crippen LogP contribution in [0.2, 0.25) is 5.02 Å². The molecule has 3 heteroatoms. The van der Waals surface area contributed by atoms with E-state index in [1.54, 1.807) is 12.1 Å². The molecule has 0 unspecified atom stereocenters. The van der Waals surface area contributed by atoms with Gasteiger partial charge in [-0.1, -0.05) is 41.4 Å². The second-order valence-electron chi connectivity index (χ2n) is 5.66. The third kappa shape index (κ3) is 2.46. The summed E-state index contributed by atoms with van der Waals surface area (Å²) in [6.07, 6.45) is 0.676. The smallest absolute Gasteiger partial charge is 0.126 e. The van der Waals surface area contributed by atoms with Crippen LogP contribution in [0.5, 0.6) is 0 Å². The van der Waals surface area contributed by atoms with Gasteiger partial charge in [0.25, 0.3) is 0 Å². The predicted octanol–water partition coefficient (Wildman–Crippen LogP) is 3.87. The summed E-state index contributed by atoms with van der Waals surface area (Å²) < 4.78 is 14.0. The molecule has 0 bridgehead atoms. The summed E-state index contributed by atoms with van der Waals surface area (Å²) in [5.74, 6) is -0.173. The highest BCUT2D eigenvalue weighted by Gasteiger charge is 2.39. The van der Waals surface area contributed by atoms with Crippen molar-refractivity contribution in [1.82, 2.24) is 5.32 Å². The number of aryl methyl sites for hydroxylation is 1. The van der Waals surface area contributed by atoms with Gasteiger partial charge in [-0.15, -0.1) is 0 Å². The molecule has 1 N–H and O–H groups in total. The molecule has 0 spiro atoms. The molecule has 0 saturated carbocycles. The van der Waals surface area contributed by atoms with Crippen molar-refractivity contribution in [2.24, 2.45) is 0 Å². The van der Waals surface area contributed by atoms with Crippen LogP contribution in [0.4, 0.5) is 4.39 Å². The monoisotopic (exact) mass is 289 g/mol. The molecule has 0 atom stereocenters. The van der Waals surface area contributed by atoms with Gasteiger partial charge in [0.05, 0.1) is 0 Å². The molecule has 0 aromatic heterocycles. The summed E-state index contributed by atoms with van der Waals surface area (Å²) in [6, 6.07) is 13.3. The van der Waals surface area contributed by atoms with Crippen molar-refractivity contribution in [2.45, 2.75) is 18.8 Å². The highest BCUT2D eigenvalue weighted by Crippen LogP contribution is 2.34. The lowest BCUT2D eigenvalue weighted by atomic mass is 9.71. The zero-order valence-corrected chi connectivity index (χ0v) is 12.2. The quantitative estimate of drug-likeness (QED) is 0.904. The normalized spacial score (nSPS) is 16.8. The summed E-state index contributed by atoms with van der Waals surface area (Å²) in [4.78, 5) is 0. The second kappa shape index (κ2) is 5.19. The van der Waals surface area contributed by atoms with E-state index in [0.29, 0.717) is 17.0 Å². The summed E-state index contributed by atoms with van der Waals surface area (Å²) >= 11 is 5.99. The SMILES string of the molecule is Cc1ccc(C2(Cc3cc(Cl)ccc3F)CNC2)cc1. The first-order valence-electron chi connectivity index (χ1n) is 6.81. The first-order chi connectivity index (χ1) is 9.59. The van der Waals surface area contributed by atoms with E-state index in [9.17, 15) is 4.39 Å². The maximum Gasteiger partial charge on any atom is 0.126 e. The van der Waals surface area contributed by atoms with Gasteiger partial charge < -0.3 is 5.32 Å². The van der Waals surface area contributed by atoms with E-state index < -0.39 is 0 Å². The fourth-order valence-electron chi connectivity index (χ4n) is 2.81. The minimum absolute atomic E-state index is 0.0147. The summed E-state index contributed by atoms with van der Waals surface area (Å²) in [7, 11) is 0. The maximum absolute atomic E-state index is 14.0. The van der Waals surface area contributed by atoms with Gasteiger partial charge in [0, 0.05) is 23.5 Å². The largest absolute Gasteiger partial charge is 0.315 e. The Morgan fingerprint density at radius 1 is 1.15 bits per heavy atom. The van der Waals surface area contributed by atoms with Gasteiger partial charge in [-0.05, 0) is 42.7 Å². The number of nitrogens with one attached hydrogen (secondary N) is 1. The molecule has 0 amide bonds. The van der Waals surface area contributed by atoms with Crippen molar-refractivity contribution in [3.63, 3.8) is 0 Å². The Morgan fingerprint density at radius 3 is 2.45 bits per heavy atom. The molecule has 1 fully saturated rings. The van der Waals surface area contributed by atoms with Crippen LogP contribution in [0.15, 0.2) is 42.5 Å². The summed E-state index contributed by atoms with van der Waals surface area (Å²) in [6.45, 7) is 3.83. The highest BCUT2D eigenvalue weighted by atomic mass is 35.5. The van der Waals surface area contributed by atoms with Gasteiger partial charge in [0.1, 0.15) is 5.82 Å². The van der Waals surface area contributed by atoms with E-state index in [-0.39, 0.29) is 11.2 Å². The molecule has 1 nitrogen and oxygen atoms in total. The molecular weight excluding hydrogens is 273 g/mol. The lowest BCUT2D eigenvalue weighted by Gasteiger charge is -2.43. The van der Waals surface area contributed by atoms with Crippen LogP contribution in [0, 0.1) is 12.7 Å². The predicted molar refractivity (Wildman–Crippen MR) is 80.8 cm³/mol. The molecular formula is C17H17ClFN.